The number of aliphatic hydroxyl groups is 1. The Labute approximate surface area is 224 Å². The van der Waals surface area contributed by atoms with E-state index in [0.29, 0.717) is 31.9 Å². The zero-order valence-corrected chi connectivity index (χ0v) is 21.6. The second-order valence-corrected chi connectivity index (χ2v) is 10.5. The van der Waals surface area contributed by atoms with Gasteiger partial charge < -0.3 is 15.7 Å². The van der Waals surface area contributed by atoms with Crippen LogP contribution in [-0.2, 0) is 17.9 Å². The van der Waals surface area contributed by atoms with Gasteiger partial charge in [-0.3, -0.25) is 24.2 Å². The van der Waals surface area contributed by atoms with Crippen molar-refractivity contribution in [2.75, 3.05) is 18.4 Å². The van der Waals surface area contributed by atoms with Crippen LogP contribution in [0.1, 0.15) is 63.1 Å². The van der Waals surface area contributed by atoms with Gasteiger partial charge in [-0.2, -0.15) is 13.2 Å². The van der Waals surface area contributed by atoms with Crippen LogP contribution in [0, 0.1) is 12.8 Å². The predicted octanol–water partition coefficient (Wildman–Crippen LogP) is 3.57. The highest BCUT2D eigenvalue weighted by atomic mass is 19.4. The van der Waals surface area contributed by atoms with Crippen LogP contribution in [0.4, 0.5) is 18.9 Å². The number of amides is 3. The average Bonchev–Trinajstić information content (AvgIpc) is 3.14. The highest BCUT2D eigenvalue weighted by molar-refractivity contribution is 6.25. The van der Waals surface area contributed by atoms with Crippen molar-refractivity contribution in [3.8, 4) is 0 Å². The summed E-state index contributed by atoms with van der Waals surface area (Å²) in [5, 5.41) is 15.3. The molecule has 2 atom stereocenters. The topological polar surface area (TPSA) is 102 Å². The normalized spacial score (nSPS) is 22.7. The van der Waals surface area contributed by atoms with Crippen molar-refractivity contribution in [2.45, 2.75) is 64.1 Å². The quantitative estimate of drug-likeness (QED) is 0.481. The number of hydrogen-bond acceptors (Lipinski definition) is 6. The minimum absolute atomic E-state index is 0.123. The molecule has 2 aromatic rings. The van der Waals surface area contributed by atoms with Crippen LogP contribution in [0.3, 0.4) is 0 Å². The van der Waals surface area contributed by atoms with E-state index in [4.69, 9.17) is 0 Å². The summed E-state index contributed by atoms with van der Waals surface area (Å²) in [6.45, 7) is 3.77. The van der Waals surface area contributed by atoms with E-state index in [9.17, 15) is 32.7 Å². The lowest BCUT2D eigenvalue weighted by Crippen LogP contribution is -2.55. The molecule has 0 aromatic heterocycles. The maximum atomic E-state index is 13.3. The maximum absolute atomic E-state index is 13.3. The number of nitrogens with zero attached hydrogens (tertiary/aromatic N) is 2. The zero-order valence-electron chi connectivity index (χ0n) is 21.6. The van der Waals surface area contributed by atoms with Crippen LogP contribution in [0.2, 0.25) is 0 Å². The first-order chi connectivity index (χ1) is 18.5. The summed E-state index contributed by atoms with van der Waals surface area (Å²) in [6, 6.07) is 9.91. The lowest BCUT2D eigenvalue weighted by atomic mass is 9.95. The number of likely N-dealkylation sites (tertiary alicyclic amines) is 1. The number of carbonyl (C=O) groups excluding carboxylic acids is 3. The van der Waals surface area contributed by atoms with Gasteiger partial charge in [-0.1, -0.05) is 24.3 Å². The van der Waals surface area contributed by atoms with Gasteiger partial charge in [0.25, 0.3) is 11.8 Å². The Kier molecular flexibility index (Phi) is 7.39. The number of rotatable bonds is 6. The molecule has 2 unspecified atom stereocenters. The van der Waals surface area contributed by atoms with E-state index < -0.39 is 42.1 Å². The number of alkyl halides is 3. The van der Waals surface area contributed by atoms with E-state index in [0.717, 1.165) is 21.6 Å². The number of imide groups is 1. The first kappa shape index (κ1) is 27.1. The largest absolute Gasteiger partial charge is 0.391 e. The second-order valence-electron chi connectivity index (χ2n) is 10.5. The number of nitrogens with one attached hydrogen (secondary N) is 2. The van der Waals surface area contributed by atoms with Gasteiger partial charge in [-0.25, -0.2) is 0 Å². The van der Waals surface area contributed by atoms with Gasteiger partial charge >= 0.3 is 6.18 Å². The van der Waals surface area contributed by atoms with Crippen LogP contribution in [0.15, 0.2) is 36.4 Å². The number of hydrogen-bond donors (Lipinski definition) is 3. The lowest BCUT2D eigenvalue weighted by molar-refractivity contribution is -0.185. The smallest absolute Gasteiger partial charge is 0.380 e. The Balaban J connectivity index is 1.23. The molecule has 8 nitrogen and oxygen atoms in total. The molecule has 208 valence electrons. The van der Waals surface area contributed by atoms with E-state index in [1.54, 1.807) is 18.2 Å². The number of carbonyl (C=O) groups is 3. The summed E-state index contributed by atoms with van der Waals surface area (Å²) in [5.41, 5.74) is 3.95. The van der Waals surface area contributed by atoms with Gasteiger partial charge in [0.1, 0.15) is 12.3 Å². The number of piperidine rings is 2. The zero-order chi connectivity index (χ0) is 27.9. The molecule has 3 amide bonds. The summed E-state index contributed by atoms with van der Waals surface area (Å²) < 4.78 is 38.9. The Morgan fingerprint density at radius 3 is 2.44 bits per heavy atom. The minimum atomic E-state index is -4.13. The van der Waals surface area contributed by atoms with E-state index >= 15 is 0 Å². The third kappa shape index (κ3) is 5.51. The molecule has 3 aliphatic rings. The third-order valence-corrected chi connectivity index (χ3v) is 7.92. The van der Waals surface area contributed by atoms with Crippen LogP contribution in [-0.4, -0.2) is 64.2 Å². The van der Waals surface area contributed by atoms with Gasteiger partial charge in [0, 0.05) is 18.8 Å². The first-order valence-electron chi connectivity index (χ1n) is 13.1. The Hall–Kier alpha value is -3.44. The molecule has 5 rings (SSSR count). The summed E-state index contributed by atoms with van der Waals surface area (Å²) in [4.78, 5) is 41.8. The maximum Gasteiger partial charge on any atom is 0.391 e. The standard InChI is InChI=1S/C28H31F3N4O4/c1-16-13-17(5-6-18(16)15-34-11-9-19(10-12-34)28(29,30)31)14-32-21-4-2-3-20-24(21)27(39)35(26(20)38)22-7-8-23(36)33-25(22)37/h2-6,13,19,22-23,32,36H,7-12,14-15H2,1H3,(H,33,37). The summed E-state index contributed by atoms with van der Waals surface area (Å²) >= 11 is 0. The van der Waals surface area contributed by atoms with Crippen molar-refractivity contribution in [1.29, 1.82) is 0 Å². The van der Waals surface area contributed by atoms with E-state index in [-0.39, 0.29) is 36.8 Å². The Bertz CT molecular complexity index is 1290. The van der Waals surface area contributed by atoms with Crippen molar-refractivity contribution in [2.24, 2.45) is 5.92 Å². The molecule has 3 aliphatic heterocycles. The highest BCUT2D eigenvalue weighted by Gasteiger charge is 2.45. The summed E-state index contributed by atoms with van der Waals surface area (Å²) in [6.07, 6.45) is -4.43. The van der Waals surface area contributed by atoms with Gasteiger partial charge in [0.05, 0.1) is 17.0 Å². The molecular weight excluding hydrogens is 513 g/mol. The number of benzene rings is 2. The third-order valence-electron chi connectivity index (χ3n) is 7.92. The van der Waals surface area contributed by atoms with E-state index in [2.05, 4.69) is 15.5 Å². The molecular formula is C28H31F3N4O4. The fourth-order valence-electron chi connectivity index (χ4n) is 5.66. The fourth-order valence-corrected chi connectivity index (χ4v) is 5.66. The van der Waals surface area contributed by atoms with Gasteiger partial charge in [0.2, 0.25) is 5.91 Å². The predicted molar refractivity (Wildman–Crippen MR) is 137 cm³/mol. The fraction of sp³-hybridized carbons (Fsp3) is 0.464. The van der Waals surface area contributed by atoms with Crippen LogP contribution in [0.5, 0.6) is 0 Å². The molecule has 0 bridgehead atoms. The van der Waals surface area contributed by atoms with E-state index in [1.807, 2.05) is 25.1 Å². The van der Waals surface area contributed by atoms with Crippen molar-refractivity contribution in [3.63, 3.8) is 0 Å². The van der Waals surface area contributed by atoms with Gasteiger partial charge in [-0.05, 0) is 74.5 Å². The molecule has 3 heterocycles. The molecule has 2 saturated heterocycles. The van der Waals surface area contributed by atoms with Crippen molar-refractivity contribution in [1.82, 2.24) is 15.1 Å². The van der Waals surface area contributed by atoms with Crippen LogP contribution < -0.4 is 10.6 Å². The second kappa shape index (κ2) is 10.6. The monoisotopic (exact) mass is 544 g/mol. The van der Waals surface area contributed by atoms with Crippen molar-refractivity contribution < 1.29 is 32.7 Å². The number of aliphatic hydroxyl groups excluding tert-OH is 1. The Morgan fingerprint density at radius 1 is 1.03 bits per heavy atom. The molecule has 0 spiro atoms. The minimum Gasteiger partial charge on any atom is -0.380 e. The average molecular weight is 545 g/mol. The summed E-state index contributed by atoms with van der Waals surface area (Å²) in [5.74, 6) is -2.85. The number of fused-ring (bicyclic) bond motifs is 1. The van der Waals surface area contributed by atoms with Crippen molar-refractivity contribution >= 4 is 23.4 Å². The molecule has 11 heteroatoms. The molecule has 2 fully saturated rings. The van der Waals surface area contributed by atoms with Crippen molar-refractivity contribution in [3.05, 3.63) is 64.2 Å². The molecule has 0 radical (unpaired) electrons. The van der Waals surface area contributed by atoms with E-state index in [1.165, 1.54) is 0 Å². The number of aryl methyl sites for hydroxylation is 1. The number of anilines is 1. The lowest BCUT2D eigenvalue weighted by Gasteiger charge is -2.33. The Morgan fingerprint density at radius 2 is 1.77 bits per heavy atom. The molecule has 39 heavy (non-hydrogen) atoms. The first-order valence-corrected chi connectivity index (χ1v) is 13.1. The number of halogens is 3. The van der Waals surface area contributed by atoms with Gasteiger partial charge in [-0.15, -0.1) is 0 Å². The molecule has 0 aliphatic carbocycles. The molecule has 3 N–H and O–H groups in total. The molecule has 2 aromatic carbocycles. The highest BCUT2D eigenvalue weighted by Crippen LogP contribution is 2.35. The molecule has 0 saturated carbocycles. The van der Waals surface area contributed by atoms with Crippen LogP contribution >= 0.6 is 0 Å². The van der Waals surface area contributed by atoms with Crippen LogP contribution in [0.25, 0.3) is 0 Å². The summed E-state index contributed by atoms with van der Waals surface area (Å²) in [7, 11) is 0. The van der Waals surface area contributed by atoms with Gasteiger partial charge in [0.15, 0.2) is 0 Å². The SMILES string of the molecule is Cc1cc(CNc2cccc3c2C(=O)N(C2CCC(O)NC2=O)C3=O)ccc1CN1CCC(C(F)(F)F)CC1.